The zero-order valence-electron chi connectivity index (χ0n) is 13.1. The van der Waals surface area contributed by atoms with Crippen LogP contribution in [0.4, 0.5) is 0 Å². The molecule has 0 amide bonds. The molecule has 1 fully saturated rings. The van der Waals surface area contributed by atoms with Crippen molar-refractivity contribution in [2.24, 2.45) is 0 Å². The molecule has 0 aromatic heterocycles. The van der Waals surface area contributed by atoms with E-state index in [4.69, 9.17) is 4.74 Å². The highest BCUT2D eigenvalue weighted by molar-refractivity contribution is 5.69. The monoisotopic (exact) mass is 272 g/mol. The number of esters is 1. The first-order valence-electron chi connectivity index (χ1n) is 8.02. The molecule has 0 heterocycles. The molecule has 0 spiro atoms. The Kier molecular flexibility index (Phi) is 12.1. The molecule has 0 aromatic carbocycles. The van der Waals surface area contributed by atoms with Gasteiger partial charge in [0.05, 0.1) is 0 Å². The van der Waals surface area contributed by atoms with Crippen LogP contribution in [0.5, 0.6) is 0 Å². The molecule has 3 nitrogen and oxygen atoms in total. The largest absolute Gasteiger partial charge is 0.462 e. The number of unbranched alkanes of at least 4 members (excludes halogenated alkanes) is 6. The fraction of sp³-hybridized carbons (Fsp3) is 0.938. The Labute approximate surface area is 119 Å². The van der Waals surface area contributed by atoms with Gasteiger partial charge in [-0.2, -0.15) is 0 Å². The Morgan fingerprint density at radius 2 is 1.53 bits per heavy atom. The first-order chi connectivity index (χ1) is 8.83. The van der Waals surface area contributed by atoms with E-state index in [1.54, 1.807) is 0 Å². The Morgan fingerprint density at radius 1 is 0.947 bits per heavy atom. The van der Waals surface area contributed by atoms with Gasteiger partial charge in [0, 0.05) is 6.42 Å². The van der Waals surface area contributed by atoms with Crippen LogP contribution in [-0.4, -0.2) is 12.1 Å². The summed E-state index contributed by atoms with van der Waals surface area (Å²) in [6.07, 6.45) is 15.6. The first-order valence-corrected chi connectivity index (χ1v) is 8.02. The molecule has 0 aliphatic heterocycles. The highest BCUT2D eigenvalue weighted by Crippen LogP contribution is 2.21. The summed E-state index contributed by atoms with van der Waals surface area (Å²) < 4.78 is 5.50. The van der Waals surface area contributed by atoms with Crippen LogP contribution in [-0.2, 0) is 9.53 Å². The van der Waals surface area contributed by atoms with Crippen molar-refractivity contribution in [3.8, 4) is 0 Å². The van der Waals surface area contributed by atoms with Gasteiger partial charge in [-0.3, -0.25) is 4.79 Å². The summed E-state index contributed by atoms with van der Waals surface area (Å²) in [5, 5.41) is 0. The summed E-state index contributed by atoms with van der Waals surface area (Å²) >= 11 is 0. The second-order valence-electron chi connectivity index (χ2n) is 5.62. The first kappa shape index (κ1) is 18.4. The van der Waals surface area contributed by atoms with E-state index in [9.17, 15) is 4.79 Å². The van der Waals surface area contributed by atoms with Gasteiger partial charge in [-0.1, -0.05) is 51.9 Å². The van der Waals surface area contributed by atoms with E-state index in [1.165, 1.54) is 57.8 Å². The van der Waals surface area contributed by atoms with Crippen molar-refractivity contribution < 1.29 is 9.53 Å². The average molecular weight is 272 g/mol. The van der Waals surface area contributed by atoms with Crippen molar-refractivity contribution >= 4 is 5.97 Å². The molecule has 0 radical (unpaired) electrons. The summed E-state index contributed by atoms with van der Waals surface area (Å²) in [7, 11) is 0. The molecule has 0 atom stereocenters. The van der Waals surface area contributed by atoms with Crippen LogP contribution in [0.3, 0.4) is 0 Å². The van der Waals surface area contributed by atoms with E-state index in [0.29, 0.717) is 6.42 Å². The molecular weight excluding hydrogens is 238 g/mol. The van der Waals surface area contributed by atoms with Gasteiger partial charge in [-0.25, -0.2) is 0 Å². The van der Waals surface area contributed by atoms with Crippen molar-refractivity contribution in [1.82, 2.24) is 6.15 Å². The quantitative estimate of drug-likeness (QED) is 0.452. The third-order valence-electron chi connectivity index (χ3n) is 3.83. The predicted octanol–water partition coefficient (Wildman–Crippen LogP) is 5.38. The molecular formula is C16H34NO2+. The molecule has 1 saturated carbocycles. The molecule has 4 N–H and O–H groups in total. The van der Waals surface area contributed by atoms with Crippen molar-refractivity contribution in [3.05, 3.63) is 0 Å². The van der Waals surface area contributed by atoms with Gasteiger partial charge in [0.15, 0.2) is 0 Å². The lowest BCUT2D eigenvalue weighted by Gasteiger charge is -2.21. The molecule has 0 unspecified atom stereocenters. The number of quaternary nitrogens is 1. The van der Waals surface area contributed by atoms with Crippen LogP contribution < -0.4 is 6.15 Å². The molecule has 19 heavy (non-hydrogen) atoms. The topological polar surface area (TPSA) is 62.8 Å². The number of hydrogen-bond donors (Lipinski definition) is 1. The maximum absolute atomic E-state index is 11.6. The van der Waals surface area contributed by atoms with E-state index < -0.39 is 0 Å². The lowest BCUT2D eigenvalue weighted by atomic mass is 9.98. The van der Waals surface area contributed by atoms with Gasteiger partial charge in [-0.15, -0.1) is 0 Å². The third kappa shape index (κ3) is 9.94. The molecule has 114 valence electrons. The predicted molar refractivity (Wildman–Crippen MR) is 81.6 cm³/mol. The van der Waals surface area contributed by atoms with Crippen LogP contribution >= 0.6 is 0 Å². The summed E-state index contributed by atoms with van der Waals surface area (Å²) in [5.41, 5.74) is 0. The van der Waals surface area contributed by atoms with Crippen LogP contribution in [0.1, 0.15) is 90.4 Å². The average Bonchev–Trinajstić information content (AvgIpc) is 2.39. The van der Waals surface area contributed by atoms with Gasteiger partial charge in [0.2, 0.25) is 0 Å². The van der Waals surface area contributed by atoms with Crippen LogP contribution in [0.25, 0.3) is 0 Å². The molecule has 3 heteroatoms. The number of ether oxygens (including phenoxy) is 1. The zero-order chi connectivity index (χ0) is 13.1. The molecule has 0 saturated heterocycles. The second-order valence-corrected chi connectivity index (χ2v) is 5.62. The van der Waals surface area contributed by atoms with E-state index in [2.05, 4.69) is 6.92 Å². The Bertz CT molecular complexity index is 213. The van der Waals surface area contributed by atoms with Crippen LogP contribution in [0, 0.1) is 0 Å². The SMILES string of the molecule is CCCCCCCCCC(=O)OC1CCCCC1.[NH4+]. The van der Waals surface area contributed by atoms with Gasteiger partial charge in [0.1, 0.15) is 6.10 Å². The summed E-state index contributed by atoms with van der Waals surface area (Å²) in [5.74, 6) is 0.0375. The van der Waals surface area contributed by atoms with Gasteiger partial charge < -0.3 is 10.9 Å². The third-order valence-corrected chi connectivity index (χ3v) is 3.83. The Balaban J connectivity index is 0.00000324. The number of rotatable bonds is 9. The minimum atomic E-state index is 0. The highest BCUT2D eigenvalue weighted by atomic mass is 16.5. The van der Waals surface area contributed by atoms with Gasteiger partial charge in [0.25, 0.3) is 0 Å². The maximum atomic E-state index is 11.6. The van der Waals surface area contributed by atoms with Crippen molar-refractivity contribution in [3.63, 3.8) is 0 Å². The normalized spacial score (nSPS) is 15.8. The van der Waals surface area contributed by atoms with Crippen molar-refractivity contribution in [2.75, 3.05) is 0 Å². The zero-order valence-corrected chi connectivity index (χ0v) is 13.1. The summed E-state index contributed by atoms with van der Waals surface area (Å²) in [4.78, 5) is 11.6. The summed E-state index contributed by atoms with van der Waals surface area (Å²) in [6, 6.07) is 0. The standard InChI is InChI=1S/C16H30O2.H3N/c1-2-3-4-5-6-7-11-14-16(17)18-15-12-9-8-10-13-15;/h15H,2-14H2,1H3;1H3/p+1. The fourth-order valence-electron chi connectivity index (χ4n) is 2.65. The Hall–Kier alpha value is -0.570. The number of carbonyl (C=O) groups is 1. The molecule has 1 rings (SSSR count). The highest BCUT2D eigenvalue weighted by Gasteiger charge is 2.17. The molecule has 1 aliphatic rings. The van der Waals surface area contributed by atoms with Crippen LogP contribution in [0.2, 0.25) is 0 Å². The van der Waals surface area contributed by atoms with Crippen LogP contribution in [0.15, 0.2) is 0 Å². The summed E-state index contributed by atoms with van der Waals surface area (Å²) in [6.45, 7) is 2.24. The lowest BCUT2D eigenvalue weighted by molar-refractivity contribution is -0.150. The molecule has 0 aromatic rings. The minimum absolute atomic E-state index is 0. The van der Waals surface area contributed by atoms with E-state index >= 15 is 0 Å². The second kappa shape index (κ2) is 12.5. The minimum Gasteiger partial charge on any atom is -0.462 e. The van der Waals surface area contributed by atoms with Crippen molar-refractivity contribution in [2.45, 2.75) is 96.5 Å². The lowest BCUT2D eigenvalue weighted by Crippen LogP contribution is -2.20. The number of carbonyl (C=O) groups excluding carboxylic acids is 1. The van der Waals surface area contributed by atoms with E-state index in [0.717, 1.165) is 19.3 Å². The van der Waals surface area contributed by atoms with E-state index in [-0.39, 0.29) is 18.2 Å². The molecule has 0 bridgehead atoms. The maximum Gasteiger partial charge on any atom is 0.306 e. The van der Waals surface area contributed by atoms with Gasteiger partial charge >= 0.3 is 5.97 Å². The molecule has 1 aliphatic carbocycles. The fourth-order valence-corrected chi connectivity index (χ4v) is 2.65. The van der Waals surface area contributed by atoms with Gasteiger partial charge in [-0.05, 0) is 32.1 Å². The number of hydrogen-bond acceptors (Lipinski definition) is 2. The Morgan fingerprint density at radius 3 is 2.16 bits per heavy atom. The smallest absolute Gasteiger partial charge is 0.306 e. The van der Waals surface area contributed by atoms with Crippen molar-refractivity contribution in [1.29, 1.82) is 0 Å². The van der Waals surface area contributed by atoms with E-state index in [1.807, 2.05) is 0 Å².